The van der Waals surface area contributed by atoms with Crippen molar-refractivity contribution in [3.8, 4) is 0 Å². The zero-order chi connectivity index (χ0) is 18.4. The summed E-state index contributed by atoms with van der Waals surface area (Å²) in [5.41, 5.74) is 3.43. The summed E-state index contributed by atoms with van der Waals surface area (Å²) in [4.78, 5) is 12.1. The van der Waals surface area contributed by atoms with E-state index in [4.69, 9.17) is 11.6 Å². The molecular formula is C21H18ClFN2O. The molecule has 3 aromatic rings. The standard InChI is InChI=1S/C21H18ClFN2O/c22-20-4-2-1-3-16(20)14-24-18-9-11-19(12-10-18)25-21(26)13-15-5-7-17(23)8-6-15/h1-12,24H,13-14H2,(H,25,26). The van der Waals surface area contributed by atoms with Crippen LogP contribution in [-0.4, -0.2) is 5.91 Å². The summed E-state index contributed by atoms with van der Waals surface area (Å²) in [5.74, 6) is -0.456. The molecule has 0 aliphatic heterocycles. The van der Waals surface area contributed by atoms with Gasteiger partial charge >= 0.3 is 0 Å². The van der Waals surface area contributed by atoms with Crippen molar-refractivity contribution in [3.63, 3.8) is 0 Å². The van der Waals surface area contributed by atoms with E-state index in [1.165, 1.54) is 12.1 Å². The lowest BCUT2D eigenvalue weighted by Gasteiger charge is -2.10. The first-order chi connectivity index (χ1) is 12.6. The van der Waals surface area contributed by atoms with Gasteiger partial charge < -0.3 is 10.6 Å². The zero-order valence-corrected chi connectivity index (χ0v) is 14.8. The predicted molar refractivity (Wildman–Crippen MR) is 104 cm³/mol. The summed E-state index contributed by atoms with van der Waals surface area (Å²) in [6, 6.07) is 21.0. The van der Waals surface area contributed by atoms with E-state index in [1.54, 1.807) is 12.1 Å². The van der Waals surface area contributed by atoms with Gasteiger partial charge in [-0.15, -0.1) is 0 Å². The third-order valence-corrected chi connectivity index (χ3v) is 4.26. The minimum absolute atomic E-state index is 0.145. The molecule has 0 heterocycles. The summed E-state index contributed by atoms with van der Waals surface area (Å²) in [6.07, 6.45) is 0.201. The van der Waals surface area contributed by atoms with Crippen molar-refractivity contribution in [2.75, 3.05) is 10.6 Å². The van der Waals surface area contributed by atoms with Crippen LogP contribution >= 0.6 is 11.6 Å². The van der Waals surface area contributed by atoms with Crippen LogP contribution in [-0.2, 0) is 17.8 Å². The van der Waals surface area contributed by atoms with E-state index >= 15 is 0 Å². The number of halogens is 2. The molecule has 0 bridgehead atoms. The fourth-order valence-corrected chi connectivity index (χ4v) is 2.71. The first-order valence-electron chi connectivity index (χ1n) is 8.22. The molecule has 0 atom stereocenters. The second-order valence-corrected chi connectivity index (χ2v) is 6.28. The van der Waals surface area contributed by atoms with Crippen molar-refractivity contribution >= 4 is 28.9 Å². The van der Waals surface area contributed by atoms with Crippen LogP contribution in [0.2, 0.25) is 5.02 Å². The highest BCUT2D eigenvalue weighted by Gasteiger charge is 2.05. The van der Waals surface area contributed by atoms with Gasteiger partial charge in [0.05, 0.1) is 6.42 Å². The molecule has 3 nitrogen and oxygen atoms in total. The van der Waals surface area contributed by atoms with Crippen molar-refractivity contribution in [2.24, 2.45) is 0 Å². The maximum Gasteiger partial charge on any atom is 0.228 e. The first kappa shape index (κ1) is 18.0. The normalized spacial score (nSPS) is 10.4. The number of carbonyl (C=O) groups is 1. The molecule has 2 N–H and O–H groups in total. The van der Waals surface area contributed by atoms with Crippen molar-refractivity contribution in [1.29, 1.82) is 0 Å². The SMILES string of the molecule is O=C(Cc1ccc(F)cc1)Nc1ccc(NCc2ccccc2Cl)cc1. The number of hydrogen-bond donors (Lipinski definition) is 2. The molecule has 0 saturated heterocycles. The summed E-state index contributed by atoms with van der Waals surface area (Å²) >= 11 is 6.14. The van der Waals surface area contributed by atoms with E-state index in [1.807, 2.05) is 48.5 Å². The van der Waals surface area contributed by atoms with E-state index in [0.29, 0.717) is 12.2 Å². The summed E-state index contributed by atoms with van der Waals surface area (Å²) in [5, 5.41) is 6.85. The Morgan fingerprint density at radius 2 is 1.54 bits per heavy atom. The zero-order valence-electron chi connectivity index (χ0n) is 14.0. The van der Waals surface area contributed by atoms with E-state index in [0.717, 1.165) is 21.8 Å². The van der Waals surface area contributed by atoms with E-state index < -0.39 is 0 Å². The number of carbonyl (C=O) groups excluding carboxylic acids is 1. The van der Waals surface area contributed by atoms with Gasteiger partial charge in [-0.25, -0.2) is 4.39 Å². The molecule has 26 heavy (non-hydrogen) atoms. The van der Waals surface area contributed by atoms with Crippen molar-refractivity contribution in [2.45, 2.75) is 13.0 Å². The highest BCUT2D eigenvalue weighted by Crippen LogP contribution is 2.18. The number of rotatable bonds is 6. The van der Waals surface area contributed by atoms with E-state index in [2.05, 4.69) is 10.6 Å². The summed E-state index contributed by atoms with van der Waals surface area (Å²) < 4.78 is 12.9. The van der Waals surface area contributed by atoms with Crippen LogP contribution in [0.4, 0.5) is 15.8 Å². The lowest BCUT2D eigenvalue weighted by atomic mass is 10.1. The Kier molecular flexibility index (Phi) is 5.87. The van der Waals surface area contributed by atoms with Gasteiger partial charge in [-0.05, 0) is 53.6 Å². The molecule has 0 aromatic heterocycles. The summed E-state index contributed by atoms with van der Waals surface area (Å²) in [7, 11) is 0. The van der Waals surface area contributed by atoms with Crippen LogP contribution in [0.5, 0.6) is 0 Å². The monoisotopic (exact) mass is 368 g/mol. The second kappa shape index (κ2) is 8.50. The average molecular weight is 369 g/mol. The predicted octanol–water partition coefficient (Wildman–Crippen LogP) is 5.27. The smallest absolute Gasteiger partial charge is 0.228 e. The van der Waals surface area contributed by atoms with Crippen LogP contribution in [0, 0.1) is 5.82 Å². The fourth-order valence-electron chi connectivity index (χ4n) is 2.50. The Hall–Kier alpha value is -2.85. The lowest BCUT2D eigenvalue weighted by molar-refractivity contribution is -0.115. The number of anilines is 2. The topological polar surface area (TPSA) is 41.1 Å². The second-order valence-electron chi connectivity index (χ2n) is 5.87. The van der Waals surface area contributed by atoms with Crippen LogP contribution in [0.25, 0.3) is 0 Å². The largest absolute Gasteiger partial charge is 0.381 e. The van der Waals surface area contributed by atoms with Crippen LogP contribution in [0.15, 0.2) is 72.8 Å². The van der Waals surface area contributed by atoms with E-state index in [-0.39, 0.29) is 18.1 Å². The maximum atomic E-state index is 12.9. The molecule has 3 rings (SSSR count). The Labute approximate surface area is 156 Å². The molecule has 132 valence electrons. The van der Waals surface area contributed by atoms with Crippen LogP contribution < -0.4 is 10.6 Å². The van der Waals surface area contributed by atoms with Gasteiger partial charge in [0.1, 0.15) is 5.82 Å². The molecule has 0 radical (unpaired) electrons. The Morgan fingerprint density at radius 3 is 2.23 bits per heavy atom. The Balaban J connectivity index is 1.53. The van der Waals surface area contributed by atoms with Crippen molar-refractivity contribution < 1.29 is 9.18 Å². The van der Waals surface area contributed by atoms with Gasteiger partial charge in [-0.2, -0.15) is 0 Å². The van der Waals surface area contributed by atoms with Gasteiger partial charge in [0.25, 0.3) is 0 Å². The fraction of sp³-hybridized carbons (Fsp3) is 0.0952. The molecule has 1 amide bonds. The minimum Gasteiger partial charge on any atom is -0.381 e. The molecule has 0 unspecified atom stereocenters. The Bertz CT molecular complexity index is 879. The van der Waals surface area contributed by atoms with Crippen LogP contribution in [0.3, 0.4) is 0 Å². The van der Waals surface area contributed by atoms with Gasteiger partial charge in [0.15, 0.2) is 0 Å². The third kappa shape index (κ3) is 5.07. The molecule has 0 fully saturated rings. The van der Waals surface area contributed by atoms with Crippen molar-refractivity contribution in [1.82, 2.24) is 0 Å². The highest BCUT2D eigenvalue weighted by atomic mass is 35.5. The molecule has 5 heteroatoms. The molecule has 3 aromatic carbocycles. The van der Waals surface area contributed by atoms with Gasteiger partial charge in [-0.1, -0.05) is 41.9 Å². The molecule has 0 saturated carbocycles. The number of amides is 1. The number of nitrogens with one attached hydrogen (secondary N) is 2. The first-order valence-corrected chi connectivity index (χ1v) is 8.59. The van der Waals surface area contributed by atoms with Gasteiger partial charge in [0.2, 0.25) is 5.91 Å². The third-order valence-electron chi connectivity index (χ3n) is 3.89. The quantitative estimate of drug-likeness (QED) is 0.622. The van der Waals surface area contributed by atoms with E-state index in [9.17, 15) is 9.18 Å². The lowest BCUT2D eigenvalue weighted by Crippen LogP contribution is -2.14. The highest BCUT2D eigenvalue weighted by molar-refractivity contribution is 6.31. The molecule has 0 aliphatic carbocycles. The maximum absolute atomic E-state index is 12.9. The molecule has 0 spiro atoms. The van der Waals surface area contributed by atoms with Gasteiger partial charge in [-0.3, -0.25) is 4.79 Å². The molecule has 0 aliphatic rings. The molecular weight excluding hydrogens is 351 g/mol. The Morgan fingerprint density at radius 1 is 0.885 bits per heavy atom. The minimum atomic E-state index is -0.311. The number of benzene rings is 3. The van der Waals surface area contributed by atoms with Crippen molar-refractivity contribution in [3.05, 3.63) is 94.8 Å². The number of hydrogen-bond acceptors (Lipinski definition) is 2. The summed E-state index contributed by atoms with van der Waals surface area (Å²) in [6.45, 7) is 0.621. The average Bonchev–Trinajstić information content (AvgIpc) is 2.64. The van der Waals surface area contributed by atoms with Gasteiger partial charge in [0, 0.05) is 22.9 Å². The van der Waals surface area contributed by atoms with Crippen LogP contribution in [0.1, 0.15) is 11.1 Å².